The van der Waals surface area contributed by atoms with Crippen molar-refractivity contribution in [1.82, 2.24) is 0 Å². The zero-order valence-electron chi connectivity index (χ0n) is 9.87. The predicted molar refractivity (Wildman–Crippen MR) is 68.3 cm³/mol. The third kappa shape index (κ3) is 4.17. The lowest BCUT2D eigenvalue weighted by atomic mass is 10.2. The van der Waals surface area contributed by atoms with Gasteiger partial charge in [0.25, 0.3) is 0 Å². The molecule has 1 aromatic rings. The zero-order valence-corrected chi connectivity index (χ0v) is 10.7. The molecule has 0 bridgehead atoms. The molecule has 0 aliphatic heterocycles. The molecule has 3 nitrogen and oxygen atoms in total. The summed E-state index contributed by atoms with van der Waals surface area (Å²) >= 11 is 0. The molecule has 0 saturated carbocycles. The van der Waals surface area contributed by atoms with E-state index in [4.69, 9.17) is 0 Å². The van der Waals surface area contributed by atoms with Crippen molar-refractivity contribution in [3.63, 3.8) is 0 Å². The van der Waals surface area contributed by atoms with Gasteiger partial charge >= 0.3 is 0 Å². The molecule has 1 unspecified atom stereocenters. The summed E-state index contributed by atoms with van der Waals surface area (Å²) in [5.41, 5.74) is 1.00. The lowest BCUT2D eigenvalue weighted by Gasteiger charge is -2.01. The Morgan fingerprint density at radius 1 is 1.18 bits per heavy atom. The van der Waals surface area contributed by atoms with Crippen LogP contribution in [0.5, 0.6) is 0 Å². The van der Waals surface area contributed by atoms with Gasteiger partial charge in [-0.05, 0) is 32.1 Å². The molecule has 1 rings (SSSR count). The Labute approximate surface area is 102 Å². The van der Waals surface area contributed by atoms with Crippen molar-refractivity contribution in [3.05, 3.63) is 53.5 Å². The molecule has 4 heteroatoms. The first kappa shape index (κ1) is 13.7. The van der Waals surface area contributed by atoms with E-state index >= 15 is 0 Å². The molecule has 0 heterocycles. The Bertz CT molecular complexity index is 510. The standard InChI is InChI=1S/C13H16O3S/c1-3-4-12(14)9-10-17(15,16)13-7-5-11(2)6-8-13/h3-10,12,14H,1-2H3/b4-3+,10-9+. The van der Waals surface area contributed by atoms with Crippen LogP contribution in [0.2, 0.25) is 0 Å². The number of allylic oxidation sites excluding steroid dienone is 1. The Hall–Kier alpha value is -1.39. The van der Waals surface area contributed by atoms with Crippen molar-refractivity contribution in [3.8, 4) is 0 Å². The van der Waals surface area contributed by atoms with E-state index in [2.05, 4.69) is 0 Å². The quantitative estimate of drug-likeness (QED) is 0.836. The van der Waals surface area contributed by atoms with Gasteiger partial charge in [-0.3, -0.25) is 0 Å². The van der Waals surface area contributed by atoms with Gasteiger partial charge in [0.15, 0.2) is 9.84 Å². The van der Waals surface area contributed by atoms with E-state index in [0.717, 1.165) is 11.0 Å². The van der Waals surface area contributed by atoms with Crippen LogP contribution in [-0.4, -0.2) is 19.6 Å². The van der Waals surface area contributed by atoms with Crippen LogP contribution in [-0.2, 0) is 9.84 Å². The summed E-state index contributed by atoms with van der Waals surface area (Å²) in [7, 11) is -3.46. The van der Waals surface area contributed by atoms with Crippen LogP contribution in [0.15, 0.2) is 52.8 Å². The third-order valence-corrected chi connectivity index (χ3v) is 3.64. The van der Waals surface area contributed by atoms with Crippen molar-refractivity contribution in [2.24, 2.45) is 0 Å². The van der Waals surface area contributed by atoms with Gasteiger partial charge in [0.05, 0.1) is 11.0 Å². The van der Waals surface area contributed by atoms with E-state index in [0.29, 0.717) is 0 Å². The number of hydrogen-bond acceptors (Lipinski definition) is 3. The maximum Gasteiger partial charge on any atom is 0.199 e. The summed E-state index contributed by atoms with van der Waals surface area (Å²) in [5.74, 6) is 0. The average molecular weight is 252 g/mol. The highest BCUT2D eigenvalue weighted by Gasteiger charge is 2.09. The fourth-order valence-corrected chi connectivity index (χ4v) is 2.29. The number of benzene rings is 1. The van der Waals surface area contributed by atoms with Gasteiger partial charge in [-0.1, -0.05) is 29.8 Å². The summed E-state index contributed by atoms with van der Waals surface area (Å²) in [6, 6.07) is 6.58. The fraction of sp³-hybridized carbons (Fsp3) is 0.231. The second-order valence-corrected chi connectivity index (χ2v) is 5.54. The van der Waals surface area contributed by atoms with Crippen molar-refractivity contribution < 1.29 is 13.5 Å². The van der Waals surface area contributed by atoms with Crippen molar-refractivity contribution in [2.45, 2.75) is 24.8 Å². The normalized spacial score (nSPS) is 14.5. The second kappa shape index (κ2) is 5.80. The van der Waals surface area contributed by atoms with Crippen LogP contribution in [0.1, 0.15) is 12.5 Å². The van der Waals surface area contributed by atoms with Gasteiger partial charge in [-0.15, -0.1) is 0 Å². The van der Waals surface area contributed by atoms with E-state index in [-0.39, 0.29) is 4.90 Å². The highest BCUT2D eigenvalue weighted by Crippen LogP contribution is 2.13. The molecule has 0 amide bonds. The fourth-order valence-electron chi connectivity index (χ4n) is 1.25. The average Bonchev–Trinajstić information content (AvgIpc) is 2.28. The molecule has 0 spiro atoms. The maximum absolute atomic E-state index is 11.8. The number of aliphatic hydroxyl groups excluding tert-OH is 1. The Kier molecular flexibility index (Phi) is 4.66. The summed E-state index contributed by atoms with van der Waals surface area (Å²) in [5, 5.41) is 10.4. The smallest absolute Gasteiger partial charge is 0.199 e. The van der Waals surface area contributed by atoms with Crippen LogP contribution in [0.4, 0.5) is 0 Å². The first-order chi connectivity index (χ1) is 7.95. The lowest BCUT2D eigenvalue weighted by Crippen LogP contribution is -2.01. The molecule has 92 valence electrons. The predicted octanol–water partition coefficient (Wildman–Crippen LogP) is 2.22. The highest BCUT2D eigenvalue weighted by molar-refractivity contribution is 7.94. The lowest BCUT2D eigenvalue weighted by molar-refractivity contribution is 0.271. The molecule has 0 aliphatic rings. The second-order valence-electron chi connectivity index (χ2n) is 3.70. The van der Waals surface area contributed by atoms with Gasteiger partial charge in [0.2, 0.25) is 0 Å². The van der Waals surface area contributed by atoms with Gasteiger partial charge in [0.1, 0.15) is 0 Å². The van der Waals surface area contributed by atoms with E-state index in [1.54, 1.807) is 37.3 Å². The molecule has 0 aliphatic carbocycles. The molecule has 0 fully saturated rings. The largest absolute Gasteiger partial charge is 0.385 e. The first-order valence-electron chi connectivity index (χ1n) is 5.26. The molecule has 1 aromatic carbocycles. The van der Waals surface area contributed by atoms with Gasteiger partial charge in [-0.25, -0.2) is 8.42 Å². The minimum atomic E-state index is -3.46. The molecular formula is C13H16O3S. The molecule has 1 N–H and O–H groups in total. The topological polar surface area (TPSA) is 54.4 Å². The van der Waals surface area contributed by atoms with E-state index in [1.165, 1.54) is 12.2 Å². The molecule has 1 atom stereocenters. The Morgan fingerprint density at radius 3 is 2.29 bits per heavy atom. The van der Waals surface area contributed by atoms with E-state index in [1.807, 2.05) is 6.92 Å². The Balaban J connectivity index is 2.93. The number of aliphatic hydroxyl groups is 1. The maximum atomic E-state index is 11.8. The van der Waals surface area contributed by atoms with E-state index < -0.39 is 15.9 Å². The summed E-state index contributed by atoms with van der Waals surface area (Å²) in [4.78, 5) is 0.229. The monoisotopic (exact) mass is 252 g/mol. The summed E-state index contributed by atoms with van der Waals surface area (Å²) in [6.45, 7) is 3.65. The Morgan fingerprint density at radius 2 is 1.76 bits per heavy atom. The van der Waals surface area contributed by atoms with Crippen molar-refractivity contribution in [1.29, 1.82) is 0 Å². The number of hydrogen-bond donors (Lipinski definition) is 1. The number of sulfone groups is 1. The highest BCUT2D eigenvalue weighted by atomic mass is 32.2. The van der Waals surface area contributed by atoms with Gasteiger partial charge in [0, 0.05) is 5.41 Å². The molecule has 17 heavy (non-hydrogen) atoms. The minimum absolute atomic E-state index is 0.229. The summed E-state index contributed by atoms with van der Waals surface area (Å²) in [6.07, 6.45) is 3.53. The van der Waals surface area contributed by atoms with Crippen LogP contribution in [0.3, 0.4) is 0 Å². The van der Waals surface area contributed by atoms with Crippen LogP contribution < -0.4 is 0 Å². The van der Waals surface area contributed by atoms with Crippen molar-refractivity contribution >= 4 is 9.84 Å². The molecule has 0 radical (unpaired) electrons. The molecule has 0 saturated heterocycles. The third-order valence-electron chi connectivity index (χ3n) is 2.19. The zero-order chi connectivity index (χ0) is 12.9. The number of aryl methyl sites for hydroxylation is 1. The number of rotatable bonds is 4. The van der Waals surface area contributed by atoms with Crippen molar-refractivity contribution in [2.75, 3.05) is 0 Å². The minimum Gasteiger partial charge on any atom is -0.385 e. The molecular weight excluding hydrogens is 236 g/mol. The van der Waals surface area contributed by atoms with E-state index in [9.17, 15) is 13.5 Å². The molecule has 0 aromatic heterocycles. The first-order valence-corrected chi connectivity index (χ1v) is 6.81. The van der Waals surface area contributed by atoms with Gasteiger partial charge in [-0.2, -0.15) is 0 Å². The SMILES string of the molecule is C/C=C/C(O)/C=C/S(=O)(=O)c1ccc(C)cc1. The van der Waals surface area contributed by atoms with Crippen LogP contribution in [0, 0.1) is 6.92 Å². The van der Waals surface area contributed by atoms with Gasteiger partial charge < -0.3 is 5.11 Å². The summed E-state index contributed by atoms with van der Waals surface area (Å²) < 4.78 is 23.7. The van der Waals surface area contributed by atoms with Crippen LogP contribution in [0.25, 0.3) is 0 Å². The van der Waals surface area contributed by atoms with Crippen LogP contribution >= 0.6 is 0 Å².